The summed E-state index contributed by atoms with van der Waals surface area (Å²) in [4.78, 5) is 14.3. The molecule has 4 nitrogen and oxygen atoms in total. The van der Waals surface area contributed by atoms with Gasteiger partial charge in [0.15, 0.2) is 0 Å². The molecule has 0 saturated heterocycles. The molecule has 0 spiro atoms. The molecule has 3 rings (SSSR count). The largest absolute Gasteiger partial charge is 0.492 e. The fourth-order valence-corrected chi connectivity index (χ4v) is 2.91. The van der Waals surface area contributed by atoms with Crippen LogP contribution >= 0.6 is 0 Å². The average Bonchev–Trinajstić information content (AvgIpc) is 2.61. The highest BCUT2D eigenvalue weighted by atomic mass is 16.5. The predicted octanol–water partition coefficient (Wildman–Crippen LogP) is 3.27. The third-order valence-electron chi connectivity index (χ3n) is 4.19. The number of amides is 1. The van der Waals surface area contributed by atoms with Crippen LogP contribution in [0.5, 0.6) is 5.75 Å². The Morgan fingerprint density at radius 3 is 2.79 bits per heavy atom. The molecule has 0 aliphatic carbocycles. The molecule has 124 valence electrons. The maximum absolute atomic E-state index is 12.4. The smallest absolute Gasteiger partial charge is 0.246 e. The molecule has 4 heteroatoms. The normalized spacial score (nSPS) is 13.8. The summed E-state index contributed by atoms with van der Waals surface area (Å²) >= 11 is 0. The summed E-state index contributed by atoms with van der Waals surface area (Å²) in [6.45, 7) is 3.92. The van der Waals surface area contributed by atoms with Crippen LogP contribution in [-0.4, -0.2) is 24.0 Å². The van der Waals surface area contributed by atoms with E-state index in [9.17, 15) is 4.79 Å². The standard InChI is InChI=1S/C20H22N2O2/c1-2-24-19-9-7-15(13-18(19)21)8-10-20(23)22-12-11-16-5-3-4-6-17(16)14-22/h3-10,13H,2,11-12,14,21H2,1H3/b10-8-. The van der Waals surface area contributed by atoms with Gasteiger partial charge in [-0.3, -0.25) is 4.79 Å². The number of nitrogens with two attached hydrogens (primary N) is 1. The maximum Gasteiger partial charge on any atom is 0.246 e. The summed E-state index contributed by atoms with van der Waals surface area (Å²) < 4.78 is 5.42. The Hall–Kier alpha value is -2.75. The molecule has 24 heavy (non-hydrogen) atoms. The number of fused-ring (bicyclic) bond motifs is 1. The van der Waals surface area contributed by atoms with E-state index in [1.54, 1.807) is 12.2 Å². The van der Waals surface area contributed by atoms with Crippen LogP contribution in [0.4, 0.5) is 5.69 Å². The van der Waals surface area contributed by atoms with Crippen molar-refractivity contribution >= 4 is 17.7 Å². The van der Waals surface area contributed by atoms with Crippen LogP contribution in [0.15, 0.2) is 48.5 Å². The second kappa shape index (κ2) is 7.21. The quantitative estimate of drug-likeness (QED) is 0.694. The molecule has 0 aromatic heterocycles. The number of anilines is 1. The van der Waals surface area contributed by atoms with Crippen LogP contribution in [0.2, 0.25) is 0 Å². The number of hydrogen-bond acceptors (Lipinski definition) is 3. The minimum absolute atomic E-state index is 0.0250. The molecular formula is C20H22N2O2. The van der Waals surface area contributed by atoms with E-state index in [0.717, 1.165) is 18.5 Å². The molecule has 1 heterocycles. The topological polar surface area (TPSA) is 55.6 Å². The van der Waals surface area contributed by atoms with Gasteiger partial charge in [0.05, 0.1) is 12.3 Å². The van der Waals surface area contributed by atoms with E-state index < -0.39 is 0 Å². The highest BCUT2D eigenvalue weighted by Gasteiger charge is 2.18. The summed E-state index contributed by atoms with van der Waals surface area (Å²) in [6.07, 6.45) is 4.32. The number of carbonyl (C=O) groups excluding carboxylic acids is 1. The Morgan fingerprint density at radius 2 is 2.04 bits per heavy atom. The first-order valence-corrected chi connectivity index (χ1v) is 8.23. The summed E-state index contributed by atoms with van der Waals surface area (Å²) in [5.74, 6) is 0.700. The molecular weight excluding hydrogens is 300 g/mol. The second-order valence-corrected chi connectivity index (χ2v) is 5.84. The van der Waals surface area contributed by atoms with Gasteiger partial charge in [-0.15, -0.1) is 0 Å². The van der Waals surface area contributed by atoms with Crippen LogP contribution < -0.4 is 10.5 Å². The summed E-state index contributed by atoms with van der Waals surface area (Å²) in [7, 11) is 0. The minimum Gasteiger partial charge on any atom is -0.492 e. The fourth-order valence-electron chi connectivity index (χ4n) is 2.91. The number of nitrogens with zero attached hydrogens (tertiary/aromatic N) is 1. The highest BCUT2D eigenvalue weighted by molar-refractivity contribution is 5.92. The predicted molar refractivity (Wildman–Crippen MR) is 96.6 cm³/mol. The molecule has 2 aromatic rings. The van der Waals surface area contributed by atoms with Gasteiger partial charge in [-0.25, -0.2) is 0 Å². The maximum atomic E-state index is 12.4. The molecule has 0 fully saturated rings. The van der Waals surface area contributed by atoms with Crippen LogP contribution in [0.1, 0.15) is 23.6 Å². The third kappa shape index (κ3) is 3.59. The number of ether oxygens (including phenoxy) is 1. The van der Waals surface area contributed by atoms with Gasteiger partial charge in [-0.2, -0.15) is 0 Å². The van der Waals surface area contributed by atoms with E-state index in [-0.39, 0.29) is 5.91 Å². The van der Waals surface area contributed by atoms with Crippen LogP contribution in [0, 0.1) is 0 Å². The Balaban J connectivity index is 1.67. The van der Waals surface area contributed by atoms with E-state index in [4.69, 9.17) is 10.5 Å². The molecule has 1 amide bonds. The zero-order valence-corrected chi connectivity index (χ0v) is 13.9. The molecule has 0 atom stereocenters. The van der Waals surface area contributed by atoms with Crippen molar-refractivity contribution in [3.8, 4) is 5.75 Å². The van der Waals surface area contributed by atoms with Gasteiger partial charge in [0.25, 0.3) is 0 Å². The Bertz CT molecular complexity index is 768. The lowest BCUT2D eigenvalue weighted by Gasteiger charge is -2.27. The SMILES string of the molecule is CCOc1ccc(/C=C\C(=O)N2CCc3ccccc3C2)cc1N. The molecule has 0 bridgehead atoms. The van der Waals surface area contributed by atoms with Crippen molar-refractivity contribution in [2.45, 2.75) is 19.9 Å². The Morgan fingerprint density at radius 1 is 1.25 bits per heavy atom. The molecule has 0 saturated carbocycles. The Kier molecular flexibility index (Phi) is 4.85. The first-order chi connectivity index (χ1) is 11.7. The number of hydrogen-bond donors (Lipinski definition) is 1. The van der Waals surface area contributed by atoms with E-state index in [2.05, 4.69) is 12.1 Å². The highest BCUT2D eigenvalue weighted by Crippen LogP contribution is 2.23. The van der Waals surface area contributed by atoms with Gasteiger partial charge in [-0.1, -0.05) is 30.3 Å². The fraction of sp³-hybridized carbons (Fsp3) is 0.250. The first-order valence-electron chi connectivity index (χ1n) is 8.23. The number of rotatable bonds is 4. The third-order valence-corrected chi connectivity index (χ3v) is 4.19. The molecule has 1 aliphatic heterocycles. The molecule has 2 N–H and O–H groups in total. The second-order valence-electron chi connectivity index (χ2n) is 5.84. The molecule has 1 aliphatic rings. The minimum atomic E-state index is 0.0250. The van der Waals surface area contributed by atoms with E-state index in [1.807, 2.05) is 42.2 Å². The van der Waals surface area contributed by atoms with Crippen molar-refractivity contribution in [3.05, 3.63) is 65.2 Å². The molecule has 2 aromatic carbocycles. The summed E-state index contributed by atoms with van der Waals surface area (Å²) in [6, 6.07) is 13.8. The molecule has 0 radical (unpaired) electrons. The van der Waals surface area contributed by atoms with Gasteiger partial charge < -0.3 is 15.4 Å². The zero-order valence-electron chi connectivity index (χ0n) is 13.9. The summed E-state index contributed by atoms with van der Waals surface area (Å²) in [5, 5.41) is 0. The number of benzene rings is 2. The van der Waals surface area contributed by atoms with Crippen LogP contribution in [0.3, 0.4) is 0 Å². The van der Waals surface area contributed by atoms with E-state index in [1.165, 1.54) is 11.1 Å². The van der Waals surface area contributed by atoms with Gasteiger partial charge in [0.1, 0.15) is 5.75 Å². The average molecular weight is 322 g/mol. The summed E-state index contributed by atoms with van der Waals surface area (Å²) in [5.41, 5.74) is 10.00. The van der Waals surface area contributed by atoms with Gasteiger partial charge >= 0.3 is 0 Å². The van der Waals surface area contributed by atoms with Crippen molar-refractivity contribution in [2.75, 3.05) is 18.9 Å². The lowest BCUT2D eigenvalue weighted by molar-refractivity contribution is -0.126. The van der Waals surface area contributed by atoms with Crippen molar-refractivity contribution in [2.24, 2.45) is 0 Å². The van der Waals surface area contributed by atoms with Crippen molar-refractivity contribution in [1.82, 2.24) is 4.90 Å². The van der Waals surface area contributed by atoms with Gasteiger partial charge in [0, 0.05) is 19.2 Å². The monoisotopic (exact) mass is 322 g/mol. The van der Waals surface area contributed by atoms with Crippen molar-refractivity contribution in [1.29, 1.82) is 0 Å². The molecule has 0 unspecified atom stereocenters. The van der Waals surface area contributed by atoms with Crippen molar-refractivity contribution < 1.29 is 9.53 Å². The van der Waals surface area contributed by atoms with Crippen molar-refractivity contribution in [3.63, 3.8) is 0 Å². The van der Waals surface area contributed by atoms with Crippen LogP contribution in [0.25, 0.3) is 6.08 Å². The Labute approximate surface area is 142 Å². The van der Waals surface area contributed by atoms with Gasteiger partial charge in [0.2, 0.25) is 5.91 Å². The lowest BCUT2D eigenvalue weighted by atomic mass is 10.00. The van der Waals surface area contributed by atoms with E-state index >= 15 is 0 Å². The lowest BCUT2D eigenvalue weighted by Crippen LogP contribution is -2.34. The first kappa shape index (κ1) is 16.1. The number of carbonyl (C=O) groups is 1. The zero-order chi connectivity index (χ0) is 16.9. The van der Waals surface area contributed by atoms with E-state index in [0.29, 0.717) is 24.6 Å². The van der Waals surface area contributed by atoms with Crippen LogP contribution in [-0.2, 0) is 17.8 Å². The number of nitrogen functional groups attached to an aromatic ring is 1. The van der Waals surface area contributed by atoms with Gasteiger partial charge in [-0.05, 0) is 48.2 Å².